The molecule has 6 aromatic rings. The molecule has 0 aliphatic heterocycles. The molecule has 0 unspecified atom stereocenters. The smallest absolute Gasteiger partial charge is 0.126 e. The van der Waals surface area contributed by atoms with Crippen molar-refractivity contribution < 1.29 is 4.39 Å². The van der Waals surface area contributed by atoms with E-state index in [0.717, 1.165) is 40.7 Å². The van der Waals surface area contributed by atoms with Gasteiger partial charge in [0.2, 0.25) is 0 Å². The molecule has 0 N–H and O–H groups in total. The fourth-order valence-electron chi connectivity index (χ4n) is 10.4. The number of hydrogen-bond donors (Lipinski definition) is 0. The molecule has 11 rings (SSSR count). The van der Waals surface area contributed by atoms with Crippen molar-refractivity contribution in [2.75, 3.05) is 4.90 Å². The van der Waals surface area contributed by atoms with Gasteiger partial charge in [-0.15, -0.1) is 11.3 Å². The maximum Gasteiger partial charge on any atom is 0.126 e. The Kier molecular flexibility index (Phi) is 5.22. The Morgan fingerprint density at radius 3 is 2.07 bits per heavy atom. The molecule has 1 spiro atoms. The molecule has 3 heteroatoms. The molecule has 5 aromatic carbocycles. The van der Waals surface area contributed by atoms with Gasteiger partial charge in [0.1, 0.15) is 5.82 Å². The van der Waals surface area contributed by atoms with Crippen LogP contribution in [0.3, 0.4) is 0 Å². The first-order valence-electron chi connectivity index (χ1n) is 16.3. The Balaban J connectivity index is 1.18. The molecule has 4 fully saturated rings. The topological polar surface area (TPSA) is 3.24 Å². The van der Waals surface area contributed by atoms with Crippen LogP contribution in [0.1, 0.15) is 48.8 Å². The summed E-state index contributed by atoms with van der Waals surface area (Å²) in [7, 11) is 0. The van der Waals surface area contributed by atoms with E-state index in [2.05, 4.69) is 89.8 Å². The summed E-state index contributed by atoms with van der Waals surface area (Å²) < 4.78 is 17.1. The Morgan fingerprint density at radius 1 is 0.614 bits per heavy atom. The number of halogens is 1. The van der Waals surface area contributed by atoms with E-state index in [1.165, 1.54) is 63.4 Å². The lowest BCUT2D eigenvalue weighted by atomic mass is 9.43. The lowest BCUT2D eigenvalue weighted by Gasteiger charge is -2.61. The van der Waals surface area contributed by atoms with Gasteiger partial charge in [-0.2, -0.15) is 0 Å². The molecule has 1 heterocycles. The van der Waals surface area contributed by atoms with Crippen LogP contribution in [-0.2, 0) is 5.41 Å². The van der Waals surface area contributed by atoms with E-state index < -0.39 is 0 Å². The van der Waals surface area contributed by atoms with Gasteiger partial charge in [0, 0.05) is 42.6 Å². The molecule has 1 aromatic heterocycles. The predicted molar refractivity (Wildman–Crippen MR) is 182 cm³/mol. The van der Waals surface area contributed by atoms with Crippen molar-refractivity contribution in [3.8, 4) is 11.1 Å². The fraction of sp³-hybridized carbons (Fsp3) is 0.268. The predicted octanol–water partition coefficient (Wildman–Crippen LogP) is 11.7. The van der Waals surface area contributed by atoms with Crippen molar-refractivity contribution >= 4 is 48.6 Å². The first-order chi connectivity index (χ1) is 21.6. The number of fused-ring (bicyclic) bond motifs is 6. The summed E-state index contributed by atoms with van der Waals surface area (Å²) >= 11 is 1.84. The molecule has 5 aliphatic carbocycles. The Bertz CT molecular complexity index is 2110. The maximum absolute atomic E-state index is 14.6. The zero-order chi connectivity index (χ0) is 29.2. The van der Waals surface area contributed by atoms with Gasteiger partial charge in [-0.25, -0.2) is 4.39 Å². The number of nitrogens with zero attached hydrogens (tertiary/aromatic N) is 1. The zero-order valence-electron chi connectivity index (χ0n) is 24.9. The normalized spacial score (nSPS) is 26.0. The van der Waals surface area contributed by atoms with E-state index >= 15 is 0 Å². The van der Waals surface area contributed by atoms with E-state index in [-0.39, 0.29) is 11.2 Å². The standard InChI is InChI=1S/C41H34FNS/c1-24-16-29(12-15-38(24)42)43(31-10-13-34-33-7-3-5-9-39(33)44-40(34)23-31)30-11-14-37-35(22-30)32-6-2-4-8-36(32)41(37)27-18-25-17-26(20-27)21-28(41)19-25/h2-16,22-23,25-28H,17-21H2,1H3. The first-order valence-corrected chi connectivity index (χ1v) is 17.1. The number of benzene rings is 5. The molecule has 44 heavy (non-hydrogen) atoms. The van der Waals surface area contributed by atoms with Gasteiger partial charge >= 0.3 is 0 Å². The molecule has 0 saturated heterocycles. The highest BCUT2D eigenvalue weighted by molar-refractivity contribution is 7.25. The van der Waals surface area contributed by atoms with Crippen molar-refractivity contribution in [3.63, 3.8) is 0 Å². The summed E-state index contributed by atoms with van der Waals surface area (Å²) in [5.41, 5.74) is 10.0. The van der Waals surface area contributed by atoms with E-state index in [1.807, 2.05) is 30.4 Å². The Hall–Kier alpha value is -3.95. The third kappa shape index (κ3) is 3.34. The number of aryl methyl sites for hydroxylation is 1. The summed E-state index contributed by atoms with van der Waals surface area (Å²) in [5.74, 6) is 3.19. The van der Waals surface area contributed by atoms with Gasteiger partial charge in [-0.3, -0.25) is 0 Å². The van der Waals surface area contributed by atoms with Crippen LogP contribution in [0.25, 0.3) is 31.3 Å². The highest BCUT2D eigenvalue weighted by Gasteiger charge is 2.61. The van der Waals surface area contributed by atoms with E-state index in [4.69, 9.17) is 0 Å². The van der Waals surface area contributed by atoms with Crippen LogP contribution in [0.4, 0.5) is 21.5 Å². The van der Waals surface area contributed by atoms with Crippen LogP contribution in [0.5, 0.6) is 0 Å². The minimum atomic E-state index is -0.166. The van der Waals surface area contributed by atoms with E-state index in [1.54, 1.807) is 17.2 Å². The zero-order valence-corrected chi connectivity index (χ0v) is 25.7. The number of rotatable bonds is 3. The highest BCUT2D eigenvalue weighted by atomic mass is 32.1. The molecular weight excluding hydrogens is 558 g/mol. The Morgan fingerprint density at radius 2 is 1.25 bits per heavy atom. The SMILES string of the molecule is Cc1cc(N(c2ccc3c(c2)-c2ccccc2C32C3CC4CC(C3)CC2C4)c2ccc3c(c2)sc2ccccc23)ccc1F. The molecule has 4 saturated carbocycles. The quantitative estimate of drug-likeness (QED) is 0.198. The molecule has 0 radical (unpaired) electrons. The van der Waals surface area contributed by atoms with Crippen molar-refractivity contribution in [2.24, 2.45) is 23.7 Å². The second kappa shape index (κ2) is 9.05. The van der Waals surface area contributed by atoms with Crippen LogP contribution in [0, 0.1) is 36.4 Å². The Labute approximate surface area is 262 Å². The largest absolute Gasteiger partial charge is 0.310 e. The van der Waals surface area contributed by atoms with Crippen LogP contribution in [-0.4, -0.2) is 0 Å². The summed E-state index contributed by atoms with van der Waals surface area (Å²) in [6, 6.07) is 37.6. The van der Waals surface area contributed by atoms with E-state index in [0.29, 0.717) is 5.56 Å². The van der Waals surface area contributed by atoms with Gasteiger partial charge in [-0.1, -0.05) is 54.6 Å². The van der Waals surface area contributed by atoms with Gasteiger partial charge in [-0.05, 0) is 139 Å². The second-order valence-electron chi connectivity index (χ2n) is 14.0. The molecule has 0 amide bonds. The summed E-state index contributed by atoms with van der Waals surface area (Å²) in [6.45, 7) is 1.86. The van der Waals surface area contributed by atoms with Crippen LogP contribution in [0.15, 0.2) is 103 Å². The third-order valence-corrected chi connectivity index (χ3v) is 12.9. The first kappa shape index (κ1) is 25.4. The summed E-state index contributed by atoms with van der Waals surface area (Å²) in [6.07, 6.45) is 7.02. The number of thiophene rings is 1. The molecule has 4 bridgehead atoms. The van der Waals surface area contributed by atoms with Gasteiger partial charge in [0.05, 0.1) is 0 Å². The molecule has 1 nitrogen and oxygen atoms in total. The van der Waals surface area contributed by atoms with Crippen LogP contribution >= 0.6 is 11.3 Å². The molecule has 5 aliphatic rings. The number of anilines is 3. The van der Waals surface area contributed by atoms with Crippen molar-refractivity contribution in [3.05, 3.63) is 126 Å². The summed E-state index contributed by atoms with van der Waals surface area (Å²) in [5, 5.41) is 2.59. The van der Waals surface area contributed by atoms with Crippen molar-refractivity contribution in [1.29, 1.82) is 0 Å². The van der Waals surface area contributed by atoms with Crippen LogP contribution < -0.4 is 4.90 Å². The summed E-state index contributed by atoms with van der Waals surface area (Å²) in [4.78, 5) is 2.33. The lowest BCUT2D eigenvalue weighted by Crippen LogP contribution is -2.55. The minimum Gasteiger partial charge on any atom is -0.310 e. The van der Waals surface area contributed by atoms with Gasteiger partial charge in [0.25, 0.3) is 0 Å². The van der Waals surface area contributed by atoms with Crippen molar-refractivity contribution in [2.45, 2.75) is 44.4 Å². The molecular formula is C41H34FNS. The highest BCUT2D eigenvalue weighted by Crippen LogP contribution is 2.69. The molecule has 0 atom stereocenters. The van der Waals surface area contributed by atoms with Crippen LogP contribution in [0.2, 0.25) is 0 Å². The third-order valence-electron chi connectivity index (χ3n) is 11.8. The average Bonchev–Trinajstić information content (AvgIpc) is 3.55. The fourth-order valence-corrected chi connectivity index (χ4v) is 11.5. The van der Waals surface area contributed by atoms with Crippen molar-refractivity contribution in [1.82, 2.24) is 0 Å². The van der Waals surface area contributed by atoms with E-state index in [9.17, 15) is 4.39 Å². The van der Waals surface area contributed by atoms with Gasteiger partial charge < -0.3 is 4.90 Å². The average molecular weight is 592 g/mol. The van der Waals surface area contributed by atoms with Gasteiger partial charge in [0.15, 0.2) is 0 Å². The second-order valence-corrected chi connectivity index (χ2v) is 15.1. The monoisotopic (exact) mass is 591 g/mol. The lowest BCUT2D eigenvalue weighted by molar-refractivity contribution is -0.0399. The number of hydrogen-bond acceptors (Lipinski definition) is 2. The minimum absolute atomic E-state index is 0.158. The molecule has 216 valence electrons. The maximum atomic E-state index is 14.6.